The average molecular weight is 537 g/mol. The maximum atomic E-state index is 13.5. The van der Waals surface area contributed by atoms with Crippen molar-refractivity contribution in [1.82, 2.24) is 5.01 Å². The first-order valence-electron chi connectivity index (χ1n) is 11.5. The number of carbonyl (C=O) groups excluding carboxylic acids is 2. The standard InChI is InChI=1S/C27H22ClFN4O3S/c1-36-21-11-9-20(10-12-21)30-25(34)15-24-26(35)31-27(37-24)33-23(17-3-2-4-18(28)13-17)14-22(32-33)16-5-7-19(29)8-6-16/h2-13,23-24H,14-15H2,1H3,(H,30,34)/t23-,24-/m1/s1. The molecule has 0 saturated heterocycles. The summed E-state index contributed by atoms with van der Waals surface area (Å²) in [5.74, 6) is -0.336. The lowest BCUT2D eigenvalue weighted by molar-refractivity contribution is -0.121. The number of carbonyl (C=O) groups is 2. The van der Waals surface area contributed by atoms with Crippen LogP contribution in [0.25, 0.3) is 0 Å². The molecule has 1 N–H and O–H groups in total. The molecule has 2 heterocycles. The summed E-state index contributed by atoms with van der Waals surface area (Å²) in [4.78, 5) is 29.6. The highest BCUT2D eigenvalue weighted by Crippen LogP contribution is 2.39. The molecule has 0 saturated carbocycles. The first kappa shape index (κ1) is 25.0. The molecule has 5 rings (SSSR count). The van der Waals surface area contributed by atoms with Crippen LogP contribution in [0, 0.1) is 5.82 Å². The Kier molecular flexibility index (Phi) is 7.25. The van der Waals surface area contributed by atoms with Crippen LogP contribution in [0.3, 0.4) is 0 Å². The van der Waals surface area contributed by atoms with Crippen molar-refractivity contribution in [3.63, 3.8) is 0 Å². The lowest BCUT2D eigenvalue weighted by atomic mass is 9.98. The molecule has 2 aliphatic rings. The summed E-state index contributed by atoms with van der Waals surface area (Å²) in [5, 5.41) is 9.59. The van der Waals surface area contributed by atoms with Gasteiger partial charge in [-0.15, -0.1) is 0 Å². The Balaban J connectivity index is 1.33. The van der Waals surface area contributed by atoms with Crippen LogP contribution >= 0.6 is 23.4 Å². The topological polar surface area (TPSA) is 83.4 Å². The van der Waals surface area contributed by atoms with Gasteiger partial charge in [-0.2, -0.15) is 10.1 Å². The number of ether oxygens (including phenoxy) is 1. The van der Waals surface area contributed by atoms with Gasteiger partial charge in [-0.05, 0) is 59.7 Å². The van der Waals surface area contributed by atoms with Gasteiger partial charge in [-0.25, -0.2) is 9.40 Å². The van der Waals surface area contributed by atoms with E-state index >= 15 is 0 Å². The summed E-state index contributed by atoms with van der Waals surface area (Å²) in [6.07, 6.45) is 0.481. The Labute approximate surface area is 222 Å². The number of anilines is 1. The van der Waals surface area contributed by atoms with Crippen LogP contribution < -0.4 is 10.1 Å². The second-order valence-electron chi connectivity index (χ2n) is 8.49. The Morgan fingerprint density at radius 2 is 1.92 bits per heavy atom. The number of hydrazone groups is 1. The van der Waals surface area contributed by atoms with Gasteiger partial charge in [-0.1, -0.05) is 47.6 Å². The van der Waals surface area contributed by atoms with E-state index in [4.69, 9.17) is 21.4 Å². The van der Waals surface area contributed by atoms with Crippen molar-refractivity contribution in [2.75, 3.05) is 12.4 Å². The van der Waals surface area contributed by atoms with Crippen LogP contribution in [0.1, 0.15) is 30.0 Å². The van der Waals surface area contributed by atoms with Gasteiger partial charge in [0.15, 0.2) is 5.17 Å². The fraction of sp³-hybridized carbons (Fsp3) is 0.185. The molecule has 2 atom stereocenters. The number of halogens is 2. The Morgan fingerprint density at radius 1 is 1.16 bits per heavy atom. The zero-order valence-electron chi connectivity index (χ0n) is 19.7. The van der Waals surface area contributed by atoms with E-state index in [2.05, 4.69) is 10.3 Å². The van der Waals surface area contributed by atoms with Crippen molar-refractivity contribution in [2.24, 2.45) is 10.1 Å². The zero-order valence-corrected chi connectivity index (χ0v) is 21.3. The van der Waals surface area contributed by atoms with Crippen molar-refractivity contribution < 1.29 is 18.7 Å². The van der Waals surface area contributed by atoms with Crippen molar-refractivity contribution >= 4 is 51.7 Å². The SMILES string of the molecule is COc1ccc(NC(=O)C[C@H]2SC(N3N=C(c4ccc(F)cc4)C[C@@H]3c3cccc(Cl)c3)=NC2=O)cc1. The number of nitrogens with one attached hydrogen (secondary N) is 1. The predicted molar refractivity (Wildman–Crippen MR) is 144 cm³/mol. The maximum absolute atomic E-state index is 13.5. The number of benzene rings is 3. The highest BCUT2D eigenvalue weighted by Gasteiger charge is 2.39. The molecule has 37 heavy (non-hydrogen) atoms. The van der Waals surface area contributed by atoms with Gasteiger partial charge in [0.2, 0.25) is 5.91 Å². The van der Waals surface area contributed by atoms with Crippen molar-refractivity contribution in [2.45, 2.75) is 24.1 Å². The first-order valence-corrected chi connectivity index (χ1v) is 12.8. The number of amides is 2. The average Bonchev–Trinajstić information content (AvgIpc) is 3.49. The summed E-state index contributed by atoms with van der Waals surface area (Å²) < 4.78 is 18.6. The largest absolute Gasteiger partial charge is 0.497 e. The molecular weight excluding hydrogens is 515 g/mol. The predicted octanol–water partition coefficient (Wildman–Crippen LogP) is 5.67. The van der Waals surface area contributed by atoms with Crippen LogP contribution in [-0.4, -0.2) is 40.1 Å². The molecule has 0 fully saturated rings. The molecule has 3 aromatic carbocycles. The lowest BCUT2D eigenvalue weighted by Gasteiger charge is -2.23. The van der Waals surface area contributed by atoms with E-state index in [9.17, 15) is 14.0 Å². The van der Waals surface area contributed by atoms with E-state index in [0.717, 1.165) is 16.8 Å². The molecular formula is C27H22ClFN4O3S. The zero-order chi connectivity index (χ0) is 25.9. The van der Waals surface area contributed by atoms with Crippen LogP contribution in [0.5, 0.6) is 5.75 Å². The second kappa shape index (κ2) is 10.7. The van der Waals surface area contributed by atoms with E-state index < -0.39 is 5.25 Å². The molecule has 0 aliphatic carbocycles. The fourth-order valence-electron chi connectivity index (χ4n) is 4.14. The summed E-state index contributed by atoms with van der Waals surface area (Å²) >= 11 is 7.46. The quantitative estimate of drug-likeness (QED) is 0.439. The van der Waals surface area contributed by atoms with E-state index in [-0.39, 0.29) is 30.1 Å². The van der Waals surface area contributed by atoms with Gasteiger partial charge in [0.05, 0.1) is 18.9 Å². The van der Waals surface area contributed by atoms with Crippen molar-refractivity contribution in [3.05, 3.63) is 94.8 Å². The highest BCUT2D eigenvalue weighted by molar-refractivity contribution is 8.15. The molecule has 3 aromatic rings. The molecule has 2 amide bonds. The maximum Gasteiger partial charge on any atom is 0.262 e. The molecule has 10 heteroatoms. The van der Waals surface area contributed by atoms with Crippen molar-refractivity contribution in [3.8, 4) is 5.75 Å². The molecule has 0 aromatic heterocycles. The number of hydrogen-bond donors (Lipinski definition) is 1. The molecule has 7 nitrogen and oxygen atoms in total. The minimum Gasteiger partial charge on any atom is -0.497 e. The monoisotopic (exact) mass is 536 g/mol. The smallest absolute Gasteiger partial charge is 0.262 e. The molecule has 0 radical (unpaired) electrons. The Morgan fingerprint density at radius 3 is 2.62 bits per heavy atom. The minimum atomic E-state index is -0.668. The van der Waals surface area contributed by atoms with Crippen LogP contribution in [0.2, 0.25) is 5.02 Å². The fourth-order valence-corrected chi connectivity index (χ4v) is 5.40. The number of amidine groups is 1. The van der Waals surface area contributed by atoms with E-state index in [1.807, 2.05) is 18.2 Å². The second-order valence-corrected chi connectivity index (χ2v) is 10.1. The summed E-state index contributed by atoms with van der Waals surface area (Å²) in [6, 6.07) is 20.2. The Hall–Kier alpha value is -3.69. The molecule has 0 unspecified atom stereocenters. The van der Waals surface area contributed by atoms with E-state index in [0.29, 0.717) is 28.0 Å². The van der Waals surface area contributed by atoms with Gasteiger partial charge in [0, 0.05) is 23.6 Å². The molecule has 0 bridgehead atoms. The summed E-state index contributed by atoms with van der Waals surface area (Å²) in [5.41, 5.74) is 3.03. The number of methoxy groups -OCH3 is 1. The van der Waals surface area contributed by atoms with Gasteiger partial charge in [0.25, 0.3) is 5.91 Å². The van der Waals surface area contributed by atoms with Gasteiger partial charge >= 0.3 is 0 Å². The summed E-state index contributed by atoms with van der Waals surface area (Å²) in [6.45, 7) is 0. The third-order valence-corrected chi connectivity index (χ3v) is 7.37. The normalized spacial score (nSPS) is 19.0. The van der Waals surface area contributed by atoms with Gasteiger partial charge in [0.1, 0.15) is 16.8 Å². The number of aliphatic imine (C=N–C) groups is 1. The minimum absolute atomic E-state index is 0.0350. The number of rotatable bonds is 6. The van der Waals surface area contributed by atoms with Crippen LogP contribution in [0.15, 0.2) is 82.9 Å². The Bertz CT molecular complexity index is 1400. The number of hydrogen-bond acceptors (Lipinski definition) is 6. The highest BCUT2D eigenvalue weighted by atomic mass is 35.5. The van der Waals surface area contributed by atoms with Gasteiger partial charge in [-0.3, -0.25) is 9.59 Å². The summed E-state index contributed by atoms with van der Waals surface area (Å²) in [7, 11) is 1.57. The third kappa shape index (κ3) is 5.68. The lowest BCUT2D eigenvalue weighted by Crippen LogP contribution is -2.25. The third-order valence-electron chi connectivity index (χ3n) is 5.99. The molecule has 0 spiro atoms. The van der Waals surface area contributed by atoms with Crippen molar-refractivity contribution in [1.29, 1.82) is 0 Å². The molecule has 188 valence electrons. The van der Waals surface area contributed by atoms with Crippen LogP contribution in [-0.2, 0) is 9.59 Å². The van der Waals surface area contributed by atoms with Gasteiger partial charge < -0.3 is 10.1 Å². The van der Waals surface area contributed by atoms with E-state index in [1.165, 1.54) is 23.9 Å². The van der Waals surface area contributed by atoms with Crippen LogP contribution in [0.4, 0.5) is 10.1 Å². The number of nitrogens with zero attached hydrogens (tertiary/aromatic N) is 3. The number of thioether (sulfide) groups is 1. The first-order chi connectivity index (χ1) is 17.9. The van der Waals surface area contributed by atoms with E-state index in [1.54, 1.807) is 54.6 Å². The molecule has 2 aliphatic heterocycles.